The molecule has 208 valence electrons. The number of pyridine rings is 1. The normalized spacial score (nSPS) is 14.7. The molecule has 1 aromatic carbocycles. The summed E-state index contributed by atoms with van der Waals surface area (Å²) in [5, 5.41) is 2.69. The first-order valence-corrected chi connectivity index (χ1v) is 14.2. The van der Waals surface area contributed by atoms with Crippen molar-refractivity contribution >= 4 is 39.2 Å². The number of aromatic nitrogens is 3. The second-order valence-electron chi connectivity index (χ2n) is 10.5. The summed E-state index contributed by atoms with van der Waals surface area (Å²) >= 11 is 0. The molecule has 1 N–H and O–H groups in total. The third kappa shape index (κ3) is 7.03. The van der Waals surface area contributed by atoms with Crippen LogP contribution in [0.15, 0.2) is 46.3 Å². The maximum Gasteiger partial charge on any atom is 0.216 e. The van der Waals surface area contributed by atoms with E-state index >= 15 is 0 Å². The monoisotopic (exact) mass is 564 g/mol. The van der Waals surface area contributed by atoms with Gasteiger partial charge < -0.3 is 19.4 Å². The van der Waals surface area contributed by atoms with Crippen molar-refractivity contribution in [3.63, 3.8) is 0 Å². The topological polar surface area (TPSA) is 112 Å². The van der Waals surface area contributed by atoms with E-state index in [0.29, 0.717) is 31.0 Å². The number of carbonyl (C=O) groups is 1. The number of rotatable bonds is 9. The second-order valence-corrected chi connectivity index (χ2v) is 12.5. The van der Waals surface area contributed by atoms with Gasteiger partial charge in [0.15, 0.2) is 0 Å². The van der Waals surface area contributed by atoms with Crippen LogP contribution in [0.3, 0.4) is 0 Å². The highest BCUT2D eigenvalue weighted by Gasteiger charge is 2.27. The molecule has 38 heavy (non-hydrogen) atoms. The molecule has 2 aromatic heterocycles. The van der Waals surface area contributed by atoms with Gasteiger partial charge in [-0.1, -0.05) is 20.8 Å². The number of halogens is 1. The maximum absolute atomic E-state index is 13.5. The summed E-state index contributed by atoms with van der Waals surface area (Å²) in [6.45, 7) is 11.0. The van der Waals surface area contributed by atoms with Crippen molar-refractivity contribution in [3.05, 3.63) is 42.4 Å². The highest BCUT2D eigenvalue weighted by molar-refractivity contribution is 7.91. The van der Waals surface area contributed by atoms with Crippen LogP contribution in [0.2, 0.25) is 0 Å². The van der Waals surface area contributed by atoms with Gasteiger partial charge in [-0.05, 0) is 49.4 Å². The molecule has 3 aromatic rings. The first-order valence-electron chi connectivity index (χ1n) is 12.7. The largest absolute Gasteiger partial charge is 0.478 e. The molecule has 0 bridgehead atoms. The van der Waals surface area contributed by atoms with Crippen LogP contribution in [0, 0.1) is 5.92 Å². The molecule has 0 aliphatic carbocycles. The van der Waals surface area contributed by atoms with Gasteiger partial charge in [0, 0.05) is 50.9 Å². The Kier molecular flexibility index (Phi) is 9.78. The number of fused-ring (bicyclic) bond motifs is 1. The molecule has 1 aliphatic rings. The lowest BCUT2D eigenvalue weighted by Gasteiger charge is -2.26. The molecule has 1 fully saturated rings. The zero-order chi connectivity index (χ0) is 26.6. The van der Waals surface area contributed by atoms with Gasteiger partial charge in [-0.3, -0.25) is 4.79 Å². The van der Waals surface area contributed by atoms with Crippen LogP contribution in [0.4, 0.5) is 0 Å². The first-order chi connectivity index (χ1) is 17.6. The SMILES string of the molecule is CC(=O)NCCCOc1cc(S(=O)(=O)c2ccc3c(c2)nc(C(C)(C)C)n3CC2CCOCC2)ccn1.Cl. The summed E-state index contributed by atoms with van der Waals surface area (Å²) in [4.78, 5) is 20.3. The number of amides is 1. The van der Waals surface area contributed by atoms with Crippen molar-refractivity contribution in [3.8, 4) is 5.88 Å². The van der Waals surface area contributed by atoms with Gasteiger partial charge in [-0.15, -0.1) is 12.4 Å². The van der Waals surface area contributed by atoms with Gasteiger partial charge in [0.25, 0.3) is 0 Å². The highest BCUT2D eigenvalue weighted by atomic mass is 35.5. The fourth-order valence-electron chi connectivity index (χ4n) is 4.51. The first kappa shape index (κ1) is 29.9. The third-order valence-electron chi connectivity index (χ3n) is 6.44. The average molecular weight is 565 g/mol. The number of nitrogens with one attached hydrogen (secondary N) is 1. The lowest BCUT2D eigenvalue weighted by atomic mass is 9.94. The Morgan fingerprint density at radius 2 is 1.87 bits per heavy atom. The van der Waals surface area contributed by atoms with Crippen LogP contribution in [0.1, 0.15) is 52.8 Å². The number of hydrogen-bond acceptors (Lipinski definition) is 7. The Morgan fingerprint density at radius 3 is 2.55 bits per heavy atom. The van der Waals surface area contributed by atoms with Gasteiger partial charge in [0.2, 0.25) is 21.6 Å². The molecule has 0 radical (unpaired) electrons. The van der Waals surface area contributed by atoms with Crippen LogP contribution in [-0.2, 0) is 31.3 Å². The summed E-state index contributed by atoms with van der Waals surface area (Å²) in [7, 11) is -3.81. The third-order valence-corrected chi connectivity index (χ3v) is 8.19. The van der Waals surface area contributed by atoms with Crippen LogP contribution >= 0.6 is 12.4 Å². The molecular formula is C27H37ClN4O5S. The zero-order valence-electron chi connectivity index (χ0n) is 22.4. The fourth-order valence-corrected chi connectivity index (χ4v) is 5.79. The predicted octanol–water partition coefficient (Wildman–Crippen LogP) is 4.32. The standard InChI is InChI=1S/C27H36N4O5S.ClH/c1-19(32)28-11-5-13-36-25-17-22(8-12-29-25)37(33,34)21-6-7-24-23(16-21)30-26(27(2,3)4)31(24)18-20-9-14-35-15-10-20;/h6-8,12,16-17,20H,5,9-11,13-15,18H2,1-4H3,(H,28,32);1H. The van der Waals surface area contributed by atoms with Crippen LogP contribution in [-0.4, -0.2) is 55.2 Å². The number of imidazole rings is 1. The van der Waals surface area contributed by atoms with Crippen LogP contribution in [0.5, 0.6) is 5.88 Å². The van der Waals surface area contributed by atoms with E-state index in [-0.39, 0.29) is 39.4 Å². The molecular weight excluding hydrogens is 528 g/mol. The van der Waals surface area contributed by atoms with Gasteiger partial charge in [-0.2, -0.15) is 0 Å². The molecule has 0 atom stereocenters. The van der Waals surface area contributed by atoms with Crippen molar-refractivity contribution < 1.29 is 22.7 Å². The summed E-state index contributed by atoms with van der Waals surface area (Å²) in [5.41, 5.74) is 1.41. The Labute approximate surface area is 230 Å². The van der Waals surface area contributed by atoms with E-state index < -0.39 is 9.84 Å². The van der Waals surface area contributed by atoms with E-state index in [1.54, 1.807) is 12.1 Å². The molecule has 11 heteroatoms. The number of hydrogen-bond donors (Lipinski definition) is 1. The summed E-state index contributed by atoms with van der Waals surface area (Å²) in [6.07, 6.45) is 4.03. The van der Waals surface area contributed by atoms with E-state index in [4.69, 9.17) is 14.5 Å². The van der Waals surface area contributed by atoms with E-state index in [0.717, 1.165) is 43.9 Å². The molecule has 9 nitrogen and oxygen atoms in total. The summed E-state index contributed by atoms with van der Waals surface area (Å²) in [5.74, 6) is 1.57. The highest BCUT2D eigenvalue weighted by Crippen LogP contribution is 2.32. The van der Waals surface area contributed by atoms with E-state index in [1.165, 1.54) is 25.3 Å². The number of sulfone groups is 1. The van der Waals surface area contributed by atoms with Crippen molar-refractivity contribution in [1.29, 1.82) is 0 Å². The quantitative estimate of drug-likeness (QED) is 0.385. The average Bonchev–Trinajstić information content (AvgIpc) is 3.23. The molecule has 1 saturated heterocycles. The van der Waals surface area contributed by atoms with Crippen molar-refractivity contribution in [2.45, 2.75) is 68.7 Å². The number of nitrogens with zero attached hydrogens (tertiary/aromatic N) is 3. The number of benzene rings is 1. The minimum Gasteiger partial charge on any atom is -0.478 e. The van der Waals surface area contributed by atoms with Gasteiger partial charge in [0.1, 0.15) is 5.82 Å². The minimum atomic E-state index is -3.81. The summed E-state index contributed by atoms with van der Waals surface area (Å²) in [6, 6.07) is 8.08. The molecule has 0 saturated carbocycles. The molecule has 0 spiro atoms. The lowest BCUT2D eigenvalue weighted by molar-refractivity contribution is -0.118. The van der Waals surface area contributed by atoms with Gasteiger partial charge >= 0.3 is 0 Å². The maximum atomic E-state index is 13.5. The fraction of sp³-hybridized carbons (Fsp3) is 0.519. The molecule has 4 rings (SSSR count). The van der Waals surface area contributed by atoms with E-state index in [9.17, 15) is 13.2 Å². The number of carbonyl (C=O) groups excluding carboxylic acids is 1. The Morgan fingerprint density at radius 1 is 1.16 bits per heavy atom. The van der Waals surface area contributed by atoms with Crippen molar-refractivity contribution in [2.24, 2.45) is 5.92 Å². The summed E-state index contributed by atoms with van der Waals surface area (Å²) < 4.78 is 40.4. The molecule has 0 unspecified atom stereocenters. The van der Waals surface area contributed by atoms with Crippen molar-refractivity contribution in [2.75, 3.05) is 26.4 Å². The number of ether oxygens (including phenoxy) is 2. The van der Waals surface area contributed by atoms with Crippen molar-refractivity contribution in [1.82, 2.24) is 19.9 Å². The Balaban J connectivity index is 0.00000400. The Bertz CT molecular complexity index is 1360. The van der Waals surface area contributed by atoms with Gasteiger partial charge in [0.05, 0.1) is 27.4 Å². The van der Waals surface area contributed by atoms with Gasteiger partial charge in [-0.25, -0.2) is 18.4 Å². The Hall–Kier alpha value is -2.69. The molecule has 1 amide bonds. The smallest absolute Gasteiger partial charge is 0.216 e. The molecule has 1 aliphatic heterocycles. The minimum absolute atomic E-state index is 0. The zero-order valence-corrected chi connectivity index (χ0v) is 24.0. The van der Waals surface area contributed by atoms with E-state index in [1.807, 2.05) is 6.07 Å². The van der Waals surface area contributed by atoms with Crippen LogP contribution < -0.4 is 10.1 Å². The van der Waals surface area contributed by atoms with E-state index in [2.05, 4.69) is 35.6 Å². The predicted molar refractivity (Wildman–Crippen MR) is 148 cm³/mol. The van der Waals surface area contributed by atoms with Crippen LogP contribution in [0.25, 0.3) is 11.0 Å². The second kappa shape index (κ2) is 12.4. The molecule has 3 heterocycles. The lowest BCUT2D eigenvalue weighted by Crippen LogP contribution is -2.25.